The summed E-state index contributed by atoms with van der Waals surface area (Å²) in [4.78, 5) is 0. The minimum Gasteiger partial charge on any atom is -0.491 e. The predicted octanol–water partition coefficient (Wildman–Crippen LogP) is 2.96. The fourth-order valence-corrected chi connectivity index (χ4v) is 2.28. The molecule has 100 valence electrons. The van der Waals surface area contributed by atoms with Crippen LogP contribution in [0.5, 0.6) is 5.75 Å². The molecule has 1 aromatic carbocycles. The van der Waals surface area contributed by atoms with E-state index in [2.05, 4.69) is 19.1 Å². The minimum absolute atomic E-state index is 0.00725. The molecule has 0 bridgehead atoms. The smallest absolute Gasteiger partial charge is 0.124 e. The van der Waals surface area contributed by atoms with Crippen LogP contribution in [0, 0.1) is 6.92 Å². The van der Waals surface area contributed by atoms with Crippen LogP contribution in [0.4, 0.5) is 0 Å². The summed E-state index contributed by atoms with van der Waals surface area (Å²) in [5, 5.41) is 0. The first-order valence-electron chi connectivity index (χ1n) is 6.77. The summed E-state index contributed by atoms with van der Waals surface area (Å²) < 4.78 is 11.6. The fourth-order valence-electron chi connectivity index (χ4n) is 2.28. The quantitative estimate of drug-likeness (QED) is 0.892. The van der Waals surface area contributed by atoms with E-state index < -0.39 is 0 Å². The van der Waals surface area contributed by atoms with Crippen molar-refractivity contribution < 1.29 is 9.47 Å². The molecule has 1 aliphatic rings. The summed E-state index contributed by atoms with van der Waals surface area (Å²) in [6.45, 7) is 5.55. The third kappa shape index (κ3) is 3.47. The molecule has 0 amide bonds. The Labute approximate surface area is 109 Å². The van der Waals surface area contributed by atoms with Crippen molar-refractivity contribution in [2.75, 3.05) is 13.2 Å². The van der Waals surface area contributed by atoms with Crippen LogP contribution in [0.1, 0.15) is 43.4 Å². The molecule has 2 N–H and O–H groups in total. The Bertz CT molecular complexity index is 384. The van der Waals surface area contributed by atoms with Crippen LogP contribution in [-0.4, -0.2) is 19.3 Å². The minimum atomic E-state index is -0.00725. The average Bonchev–Trinajstić information content (AvgIpc) is 2.38. The maximum Gasteiger partial charge on any atom is 0.124 e. The van der Waals surface area contributed by atoms with E-state index in [9.17, 15) is 0 Å². The monoisotopic (exact) mass is 249 g/mol. The van der Waals surface area contributed by atoms with Crippen LogP contribution in [0.25, 0.3) is 0 Å². The fraction of sp³-hybridized carbons (Fsp3) is 0.600. The van der Waals surface area contributed by atoms with Crippen molar-refractivity contribution in [1.82, 2.24) is 0 Å². The van der Waals surface area contributed by atoms with Gasteiger partial charge in [0.05, 0.1) is 6.10 Å². The molecule has 18 heavy (non-hydrogen) atoms. The van der Waals surface area contributed by atoms with Gasteiger partial charge in [0.25, 0.3) is 0 Å². The second kappa shape index (κ2) is 6.21. The summed E-state index contributed by atoms with van der Waals surface area (Å²) in [6, 6.07) is 6.16. The van der Waals surface area contributed by atoms with E-state index in [0.29, 0.717) is 6.61 Å². The predicted molar refractivity (Wildman–Crippen MR) is 72.9 cm³/mol. The van der Waals surface area contributed by atoms with Gasteiger partial charge in [-0.05, 0) is 39.2 Å². The van der Waals surface area contributed by atoms with Gasteiger partial charge in [0.1, 0.15) is 12.4 Å². The number of ether oxygens (including phenoxy) is 2. The maximum absolute atomic E-state index is 5.98. The summed E-state index contributed by atoms with van der Waals surface area (Å²) in [5.74, 6) is 0.893. The zero-order chi connectivity index (χ0) is 13.0. The van der Waals surface area contributed by atoms with E-state index in [-0.39, 0.29) is 12.1 Å². The van der Waals surface area contributed by atoms with Gasteiger partial charge >= 0.3 is 0 Å². The van der Waals surface area contributed by atoms with E-state index in [1.165, 1.54) is 18.4 Å². The highest BCUT2D eigenvalue weighted by molar-refractivity contribution is 5.38. The highest BCUT2D eigenvalue weighted by atomic mass is 16.5. The Balaban J connectivity index is 1.99. The van der Waals surface area contributed by atoms with Crippen molar-refractivity contribution in [1.29, 1.82) is 0 Å². The van der Waals surface area contributed by atoms with Crippen LogP contribution < -0.4 is 10.5 Å². The largest absolute Gasteiger partial charge is 0.491 e. The normalized spacial score (nSPS) is 21.6. The zero-order valence-electron chi connectivity index (χ0n) is 11.3. The molecule has 0 aliphatic carbocycles. The van der Waals surface area contributed by atoms with Gasteiger partial charge in [-0.3, -0.25) is 0 Å². The van der Waals surface area contributed by atoms with E-state index >= 15 is 0 Å². The first kappa shape index (κ1) is 13.4. The lowest BCUT2D eigenvalue weighted by Crippen LogP contribution is -2.26. The number of rotatable bonds is 4. The zero-order valence-corrected chi connectivity index (χ0v) is 11.3. The number of benzene rings is 1. The molecule has 1 fully saturated rings. The van der Waals surface area contributed by atoms with Crippen molar-refractivity contribution in [2.24, 2.45) is 5.73 Å². The van der Waals surface area contributed by atoms with E-state index in [1.807, 2.05) is 13.0 Å². The molecule has 2 unspecified atom stereocenters. The Morgan fingerprint density at radius 2 is 2.28 bits per heavy atom. The molecule has 1 saturated heterocycles. The van der Waals surface area contributed by atoms with Gasteiger partial charge in [0.2, 0.25) is 0 Å². The van der Waals surface area contributed by atoms with Crippen molar-refractivity contribution in [3.63, 3.8) is 0 Å². The van der Waals surface area contributed by atoms with Crippen molar-refractivity contribution in [3.8, 4) is 5.75 Å². The molecule has 1 aromatic rings. The molecule has 0 aromatic heterocycles. The van der Waals surface area contributed by atoms with Gasteiger partial charge in [0.15, 0.2) is 0 Å². The van der Waals surface area contributed by atoms with Crippen LogP contribution in [-0.2, 0) is 4.74 Å². The molecule has 2 atom stereocenters. The van der Waals surface area contributed by atoms with Gasteiger partial charge in [0, 0.05) is 18.2 Å². The number of nitrogens with two attached hydrogens (primary N) is 1. The molecule has 2 rings (SSSR count). The van der Waals surface area contributed by atoms with Crippen molar-refractivity contribution in [3.05, 3.63) is 29.3 Å². The summed E-state index contributed by atoms with van der Waals surface area (Å²) in [7, 11) is 0. The summed E-state index contributed by atoms with van der Waals surface area (Å²) in [5.41, 5.74) is 8.27. The molecule has 3 heteroatoms. The van der Waals surface area contributed by atoms with E-state index in [1.54, 1.807) is 0 Å². The van der Waals surface area contributed by atoms with Crippen molar-refractivity contribution in [2.45, 2.75) is 45.3 Å². The second-order valence-electron chi connectivity index (χ2n) is 5.13. The number of aryl methyl sites for hydroxylation is 1. The Morgan fingerprint density at radius 1 is 1.44 bits per heavy atom. The SMILES string of the molecule is Cc1ccc(OCC2CCCCO2)c(C(C)N)c1. The molecule has 3 nitrogen and oxygen atoms in total. The van der Waals surface area contributed by atoms with Gasteiger partial charge in [-0.1, -0.05) is 17.7 Å². The molecule has 1 aliphatic heterocycles. The topological polar surface area (TPSA) is 44.5 Å². The molecular weight excluding hydrogens is 226 g/mol. The maximum atomic E-state index is 5.98. The summed E-state index contributed by atoms with van der Waals surface area (Å²) >= 11 is 0. The Morgan fingerprint density at radius 3 is 2.94 bits per heavy atom. The molecule has 0 spiro atoms. The van der Waals surface area contributed by atoms with Crippen LogP contribution >= 0.6 is 0 Å². The lowest BCUT2D eigenvalue weighted by atomic mass is 10.0. The van der Waals surface area contributed by atoms with E-state index in [4.69, 9.17) is 15.2 Å². The van der Waals surface area contributed by atoms with Crippen LogP contribution in [0.3, 0.4) is 0 Å². The van der Waals surface area contributed by atoms with E-state index in [0.717, 1.165) is 24.3 Å². The third-order valence-corrected chi connectivity index (χ3v) is 3.35. The Kier molecular flexibility index (Phi) is 4.61. The van der Waals surface area contributed by atoms with Gasteiger partial charge < -0.3 is 15.2 Å². The Hall–Kier alpha value is -1.06. The van der Waals surface area contributed by atoms with Crippen LogP contribution in [0.2, 0.25) is 0 Å². The molecular formula is C15H23NO2. The van der Waals surface area contributed by atoms with Crippen molar-refractivity contribution >= 4 is 0 Å². The lowest BCUT2D eigenvalue weighted by Gasteiger charge is -2.23. The second-order valence-corrected chi connectivity index (χ2v) is 5.13. The number of hydrogen-bond acceptors (Lipinski definition) is 3. The van der Waals surface area contributed by atoms with Crippen LogP contribution in [0.15, 0.2) is 18.2 Å². The standard InChI is InChI=1S/C15H23NO2/c1-11-6-7-15(14(9-11)12(2)16)18-10-13-5-3-4-8-17-13/h6-7,9,12-13H,3-5,8,10,16H2,1-2H3. The number of hydrogen-bond donors (Lipinski definition) is 1. The highest BCUT2D eigenvalue weighted by Crippen LogP contribution is 2.26. The van der Waals surface area contributed by atoms with Gasteiger partial charge in [-0.2, -0.15) is 0 Å². The summed E-state index contributed by atoms with van der Waals surface area (Å²) in [6.07, 6.45) is 3.74. The van der Waals surface area contributed by atoms with Gasteiger partial charge in [-0.15, -0.1) is 0 Å². The van der Waals surface area contributed by atoms with Gasteiger partial charge in [-0.25, -0.2) is 0 Å². The lowest BCUT2D eigenvalue weighted by molar-refractivity contribution is -0.0112. The molecule has 0 radical (unpaired) electrons. The molecule has 0 saturated carbocycles. The first-order chi connectivity index (χ1) is 8.66. The first-order valence-corrected chi connectivity index (χ1v) is 6.77. The highest BCUT2D eigenvalue weighted by Gasteiger charge is 2.16. The average molecular weight is 249 g/mol. The molecule has 1 heterocycles. The third-order valence-electron chi connectivity index (χ3n) is 3.35.